The SMILES string of the molecule is CC1=CN(O)c2ccccc2C1=c1cc(-c2c(C)noc2C)cc2c1=NC(=O)N2. The summed E-state index contributed by atoms with van der Waals surface area (Å²) >= 11 is 0. The second kappa shape index (κ2) is 6.15. The van der Waals surface area contributed by atoms with Gasteiger partial charge in [-0.25, -0.2) is 9.86 Å². The molecule has 144 valence electrons. The first-order valence-corrected chi connectivity index (χ1v) is 9.21. The average molecular weight is 386 g/mol. The van der Waals surface area contributed by atoms with Crippen molar-refractivity contribution in [3.8, 4) is 11.1 Å². The standard InChI is InChI=1S/C22H18N4O3/c1-11-10-26(28)18-7-5-4-6-15(18)19(11)16-8-14(20-12(2)25-29-13(20)3)9-17-21(16)24-22(27)23-17/h4-10,28H,1-3H3,(H,23,27). The van der Waals surface area contributed by atoms with Gasteiger partial charge in [0.2, 0.25) is 0 Å². The maximum atomic E-state index is 12.1. The van der Waals surface area contributed by atoms with Crippen LogP contribution in [0.15, 0.2) is 57.7 Å². The quantitative estimate of drug-likeness (QED) is 0.669. The van der Waals surface area contributed by atoms with Crippen LogP contribution in [-0.2, 0) is 0 Å². The van der Waals surface area contributed by atoms with Crippen molar-refractivity contribution in [2.24, 2.45) is 4.99 Å². The van der Waals surface area contributed by atoms with E-state index in [4.69, 9.17) is 4.52 Å². The highest BCUT2D eigenvalue weighted by atomic mass is 16.5. The number of benzene rings is 2. The van der Waals surface area contributed by atoms with Gasteiger partial charge in [-0.3, -0.25) is 5.21 Å². The van der Waals surface area contributed by atoms with Crippen LogP contribution < -0.4 is 21.0 Å². The minimum Gasteiger partial charge on any atom is -0.361 e. The van der Waals surface area contributed by atoms with E-state index in [1.807, 2.05) is 57.2 Å². The fourth-order valence-electron chi connectivity index (χ4n) is 4.10. The van der Waals surface area contributed by atoms with Crippen molar-refractivity contribution in [3.05, 3.63) is 75.8 Å². The van der Waals surface area contributed by atoms with Gasteiger partial charge in [0.05, 0.1) is 17.1 Å². The second-order valence-corrected chi connectivity index (χ2v) is 7.21. The summed E-state index contributed by atoms with van der Waals surface area (Å²) < 4.78 is 5.35. The topological polar surface area (TPSA) is 91.0 Å². The largest absolute Gasteiger partial charge is 0.361 e. The Morgan fingerprint density at radius 1 is 1.14 bits per heavy atom. The number of fused-ring (bicyclic) bond motifs is 2. The molecule has 2 aliphatic heterocycles. The van der Waals surface area contributed by atoms with E-state index < -0.39 is 6.03 Å². The molecule has 1 aromatic heterocycles. The Morgan fingerprint density at radius 2 is 1.93 bits per heavy atom. The summed E-state index contributed by atoms with van der Waals surface area (Å²) in [5.41, 5.74) is 6.51. The number of anilines is 2. The highest BCUT2D eigenvalue weighted by molar-refractivity contribution is 5.96. The number of rotatable bonds is 1. The Bertz CT molecular complexity index is 1330. The number of aryl methyl sites for hydroxylation is 2. The molecule has 2 amide bonds. The van der Waals surface area contributed by atoms with Crippen LogP contribution >= 0.6 is 0 Å². The summed E-state index contributed by atoms with van der Waals surface area (Å²) in [5.74, 6) is 0.706. The minimum absolute atomic E-state index is 0.396. The van der Waals surface area contributed by atoms with Crippen LogP contribution in [0.25, 0.3) is 16.7 Å². The number of amides is 2. The van der Waals surface area contributed by atoms with Gasteiger partial charge < -0.3 is 9.84 Å². The van der Waals surface area contributed by atoms with E-state index in [1.165, 1.54) is 0 Å². The lowest BCUT2D eigenvalue weighted by Crippen LogP contribution is -2.30. The summed E-state index contributed by atoms with van der Waals surface area (Å²) in [6, 6.07) is 11.1. The zero-order chi connectivity index (χ0) is 20.3. The lowest BCUT2D eigenvalue weighted by molar-refractivity contribution is 0.260. The van der Waals surface area contributed by atoms with Crippen LogP contribution in [0.5, 0.6) is 0 Å². The van der Waals surface area contributed by atoms with Gasteiger partial charge >= 0.3 is 6.03 Å². The molecule has 29 heavy (non-hydrogen) atoms. The molecule has 0 spiro atoms. The van der Waals surface area contributed by atoms with Gasteiger partial charge in [0.25, 0.3) is 0 Å². The first-order valence-electron chi connectivity index (χ1n) is 9.21. The first-order chi connectivity index (χ1) is 13.9. The molecule has 0 bridgehead atoms. The van der Waals surface area contributed by atoms with E-state index in [1.54, 1.807) is 6.20 Å². The Labute approximate surface area is 166 Å². The maximum Gasteiger partial charge on any atom is 0.346 e. The number of hydroxylamine groups is 1. The summed E-state index contributed by atoms with van der Waals surface area (Å²) in [5, 5.41) is 19.7. The predicted octanol–water partition coefficient (Wildman–Crippen LogP) is 3.44. The van der Waals surface area contributed by atoms with E-state index in [9.17, 15) is 10.0 Å². The van der Waals surface area contributed by atoms with Gasteiger partial charge in [0.15, 0.2) is 0 Å². The molecular weight excluding hydrogens is 368 g/mol. The summed E-state index contributed by atoms with van der Waals surface area (Å²) in [4.78, 5) is 16.3. The third-order valence-electron chi connectivity index (χ3n) is 5.29. The number of aromatic nitrogens is 1. The first kappa shape index (κ1) is 17.4. The smallest absolute Gasteiger partial charge is 0.346 e. The van der Waals surface area contributed by atoms with E-state index in [0.717, 1.165) is 43.8 Å². The lowest BCUT2D eigenvalue weighted by atomic mass is 9.91. The van der Waals surface area contributed by atoms with Crippen LogP contribution in [0.3, 0.4) is 0 Å². The highest BCUT2D eigenvalue weighted by Crippen LogP contribution is 2.35. The molecule has 0 fully saturated rings. The van der Waals surface area contributed by atoms with Crippen molar-refractivity contribution in [1.29, 1.82) is 0 Å². The average Bonchev–Trinajstić information content (AvgIpc) is 3.22. The minimum atomic E-state index is -0.396. The fraction of sp³-hybridized carbons (Fsp3) is 0.136. The Morgan fingerprint density at radius 3 is 2.69 bits per heavy atom. The third-order valence-corrected chi connectivity index (χ3v) is 5.29. The number of urea groups is 1. The molecule has 0 atom stereocenters. The molecule has 0 saturated heterocycles. The maximum absolute atomic E-state index is 12.1. The van der Waals surface area contributed by atoms with E-state index in [-0.39, 0.29) is 0 Å². The molecule has 5 rings (SSSR count). The molecule has 0 aliphatic carbocycles. The predicted molar refractivity (Wildman–Crippen MR) is 108 cm³/mol. The molecule has 0 saturated carbocycles. The number of allylic oxidation sites excluding steroid dienone is 1. The number of hydrogen-bond donors (Lipinski definition) is 2. The summed E-state index contributed by atoms with van der Waals surface area (Å²) in [7, 11) is 0. The Kier molecular flexibility index (Phi) is 3.69. The third kappa shape index (κ3) is 2.59. The van der Waals surface area contributed by atoms with Gasteiger partial charge in [-0.1, -0.05) is 23.4 Å². The number of nitrogens with zero attached hydrogens (tertiary/aromatic N) is 3. The van der Waals surface area contributed by atoms with Crippen molar-refractivity contribution < 1.29 is 14.5 Å². The van der Waals surface area contributed by atoms with E-state index >= 15 is 0 Å². The number of carbonyl (C=O) groups is 1. The van der Waals surface area contributed by atoms with Crippen LogP contribution in [0.4, 0.5) is 16.2 Å². The van der Waals surface area contributed by atoms with Gasteiger partial charge in [0.1, 0.15) is 11.1 Å². The lowest BCUT2D eigenvalue weighted by Gasteiger charge is -2.25. The molecule has 2 aliphatic rings. The monoisotopic (exact) mass is 386 g/mol. The van der Waals surface area contributed by atoms with Crippen LogP contribution in [0.1, 0.15) is 23.9 Å². The van der Waals surface area contributed by atoms with Crippen molar-refractivity contribution in [2.45, 2.75) is 20.8 Å². The van der Waals surface area contributed by atoms with Crippen molar-refractivity contribution in [3.63, 3.8) is 0 Å². The van der Waals surface area contributed by atoms with Crippen LogP contribution in [0, 0.1) is 13.8 Å². The fourth-order valence-corrected chi connectivity index (χ4v) is 4.10. The summed E-state index contributed by atoms with van der Waals surface area (Å²) in [6.45, 7) is 5.68. The Hall–Kier alpha value is -3.71. The van der Waals surface area contributed by atoms with Crippen molar-refractivity contribution in [1.82, 2.24) is 5.16 Å². The number of carbonyl (C=O) groups excluding carboxylic acids is 1. The second-order valence-electron chi connectivity index (χ2n) is 7.21. The van der Waals surface area contributed by atoms with E-state index in [0.29, 0.717) is 22.5 Å². The van der Waals surface area contributed by atoms with Crippen molar-refractivity contribution in [2.75, 3.05) is 10.4 Å². The van der Waals surface area contributed by atoms with E-state index in [2.05, 4.69) is 15.5 Å². The molecule has 0 unspecified atom stereocenters. The zero-order valence-electron chi connectivity index (χ0n) is 16.1. The van der Waals surface area contributed by atoms with Gasteiger partial charge in [-0.2, -0.15) is 4.99 Å². The molecular formula is C22H18N4O3. The molecule has 2 aromatic carbocycles. The zero-order valence-corrected chi connectivity index (χ0v) is 16.1. The van der Waals surface area contributed by atoms with Crippen LogP contribution in [0.2, 0.25) is 0 Å². The molecule has 3 heterocycles. The number of nitrogens with one attached hydrogen (secondary N) is 1. The van der Waals surface area contributed by atoms with Crippen LogP contribution in [-0.4, -0.2) is 16.4 Å². The summed E-state index contributed by atoms with van der Waals surface area (Å²) in [6.07, 6.45) is 1.66. The molecule has 7 heteroatoms. The molecule has 2 N–H and O–H groups in total. The van der Waals surface area contributed by atoms with Gasteiger partial charge in [0, 0.05) is 22.5 Å². The van der Waals surface area contributed by atoms with Gasteiger partial charge in [-0.15, -0.1) is 0 Å². The highest BCUT2D eigenvalue weighted by Gasteiger charge is 2.23. The normalized spacial score (nSPS) is 16.8. The number of hydrogen-bond acceptors (Lipinski definition) is 5. The molecule has 0 radical (unpaired) electrons. The Balaban J connectivity index is 1.94. The molecule has 7 nitrogen and oxygen atoms in total. The molecule has 3 aromatic rings. The van der Waals surface area contributed by atoms with Crippen molar-refractivity contribution >= 4 is 23.0 Å². The number of para-hydroxylation sites is 1. The van der Waals surface area contributed by atoms with Gasteiger partial charge in [-0.05, 0) is 55.7 Å².